The molecule has 2 heteroatoms. The van der Waals surface area contributed by atoms with Crippen LogP contribution in [0.15, 0.2) is 18.2 Å². The first kappa shape index (κ1) is 16.2. The summed E-state index contributed by atoms with van der Waals surface area (Å²) in [4.78, 5) is 0. The molecule has 0 heterocycles. The molecule has 0 radical (unpaired) electrons. The third-order valence-corrected chi connectivity index (χ3v) is 4.08. The molecule has 3 N–H and O–H groups in total. The third kappa shape index (κ3) is 3.80. The highest BCUT2D eigenvalue weighted by atomic mass is 14.9. The van der Waals surface area contributed by atoms with E-state index in [2.05, 4.69) is 58.1 Å². The fraction of sp³-hybridized carbons (Fsp3) is 0.647. The fourth-order valence-electron chi connectivity index (χ4n) is 2.67. The average Bonchev–Trinajstić information content (AvgIpc) is 2.35. The molecule has 19 heavy (non-hydrogen) atoms. The molecule has 0 aliphatic carbocycles. The van der Waals surface area contributed by atoms with Crippen LogP contribution in [0.2, 0.25) is 0 Å². The first-order valence-corrected chi connectivity index (χ1v) is 7.33. The predicted octanol–water partition coefficient (Wildman–Crippen LogP) is 3.54. The van der Waals surface area contributed by atoms with Crippen molar-refractivity contribution in [3.63, 3.8) is 0 Å². The summed E-state index contributed by atoms with van der Waals surface area (Å²) < 4.78 is 0. The minimum Gasteiger partial charge on any atom is -0.330 e. The maximum atomic E-state index is 5.91. The number of benzene rings is 1. The SMILES string of the molecule is CCC(CN)C(NC)c1ccc(C(C)(C)C)cc1C. The third-order valence-electron chi connectivity index (χ3n) is 4.08. The summed E-state index contributed by atoms with van der Waals surface area (Å²) in [6.07, 6.45) is 1.10. The molecule has 0 fully saturated rings. The molecule has 2 unspecified atom stereocenters. The first-order valence-electron chi connectivity index (χ1n) is 7.33. The van der Waals surface area contributed by atoms with Gasteiger partial charge in [-0.1, -0.05) is 52.3 Å². The monoisotopic (exact) mass is 262 g/mol. The number of hydrogen-bond acceptors (Lipinski definition) is 2. The van der Waals surface area contributed by atoms with E-state index < -0.39 is 0 Å². The standard InChI is InChI=1S/C17H30N2/c1-7-13(11-18)16(19-6)15-9-8-14(10-12(15)2)17(3,4)5/h8-10,13,16,19H,7,11,18H2,1-6H3. The molecule has 2 atom stereocenters. The molecular weight excluding hydrogens is 232 g/mol. The Morgan fingerprint density at radius 1 is 1.26 bits per heavy atom. The lowest BCUT2D eigenvalue weighted by Crippen LogP contribution is -2.30. The highest BCUT2D eigenvalue weighted by Crippen LogP contribution is 2.30. The van der Waals surface area contributed by atoms with Crippen LogP contribution in [0.1, 0.15) is 56.8 Å². The Morgan fingerprint density at radius 2 is 1.89 bits per heavy atom. The first-order chi connectivity index (χ1) is 8.85. The average molecular weight is 262 g/mol. The van der Waals surface area contributed by atoms with Gasteiger partial charge in [0.2, 0.25) is 0 Å². The van der Waals surface area contributed by atoms with Gasteiger partial charge in [0.1, 0.15) is 0 Å². The van der Waals surface area contributed by atoms with Gasteiger partial charge in [0.25, 0.3) is 0 Å². The van der Waals surface area contributed by atoms with Crippen LogP contribution in [0, 0.1) is 12.8 Å². The van der Waals surface area contributed by atoms with Crippen molar-refractivity contribution in [1.29, 1.82) is 0 Å². The van der Waals surface area contributed by atoms with Crippen LogP contribution in [0.3, 0.4) is 0 Å². The lowest BCUT2D eigenvalue weighted by Gasteiger charge is -2.28. The molecule has 108 valence electrons. The zero-order valence-electron chi connectivity index (χ0n) is 13.4. The Hall–Kier alpha value is -0.860. The number of hydrogen-bond donors (Lipinski definition) is 2. The Morgan fingerprint density at radius 3 is 2.26 bits per heavy atom. The Balaban J connectivity index is 3.13. The zero-order valence-corrected chi connectivity index (χ0v) is 13.4. The maximum absolute atomic E-state index is 5.91. The van der Waals surface area contributed by atoms with E-state index in [0.717, 1.165) is 13.0 Å². The molecule has 0 aliphatic heterocycles. The highest BCUT2D eigenvalue weighted by molar-refractivity contribution is 5.36. The van der Waals surface area contributed by atoms with Gasteiger partial charge in [0, 0.05) is 6.04 Å². The smallest absolute Gasteiger partial charge is 0.0360 e. The highest BCUT2D eigenvalue weighted by Gasteiger charge is 2.22. The molecule has 0 aromatic heterocycles. The Kier molecular flexibility index (Phi) is 5.57. The molecule has 1 aromatic carbocycles. The van der Waals surface area contributed by atoms with E-state index in [1.165, 1.54) is 16.7 Å². The minimum absolute atomic E-state index is 0.205. The van der Waals surface area contributed by atoms with Gasteiger partial charge in [0.15, 0.2) is 0 Å². The second-order valence-corrected chi connectivity index (χ2v) is 6.49. The van der Waals surface area contributed by atoms with Crippen molar-refractivity contribution in [2.24, 2.45) is 11.7 Å². The van der Waals surface area contributed by atoms with Gasteiger partial charge in [-0.15, -0.1) is 0 Å². The molecule has 0 spiro atoms. The zero-order chi connectivity index (χ0) is 14.6. The van der Waals surface area contributed by atoms with E-state index in [0.29, 0.717) is 12.0 Å². The lowest BCUT2D eigenvalue weighted by atomic mass is 9.82. The van der Waals surface area contributed by atoms with E-state index in [1.54, 1.807) is 0 Å². The number of nitrogens with two attached hydrogens (primary N) is 1. The van der Waals surface area contributed by atoms with Gasteiger partial charge in [-0.05, 0) is 48.5 Å². The maximum Gasteiger partial charge on any atom is 0.0360 e. The van der Waals surface area contributed by atoms with Crippen molar-refractivity contribution >= 4 is 0 Å². The second kappa shape index (κ2) is 6.53. The van der Waals surface area contributed by atoms with Crippen LogP contribution in [0.4, 0.5) is 0 Å². The van der Waals surface area contributed by atoms with Gasteiger partial charge in [-0.25, -0.2) is 0 Å². The normalized spacial score (nSPS) is 15.3. The topological polar surface area (TPSA) is 38.0 Å². The predicted molar refractivity (Wildman–Crippen MR) is 84.5 cm³/mol. The Bertz CT molecular complexity index is 400. The van der Waals surface area contributed by atoms with Crippen LogP contribution < -0.4 is 11.1 Å². The van der Waals surface area contributed by atoms with Crippen LogP contribution in [-0.2, 0) is 5.41 Å². The Labute approximate surface area is 118 Å². The second-order valence-electron chi connectivity index (χ2n) is 6.49. The van der Waals surface area contributed by atoms with Gasteiger partial charge in [0.05, 0.1) is 0 Å². The molecular formula is C17H30N2. The van der Waals surface area contributed by atoms with Crippen LogP contribution in [0.25, 0.3) is 0 Å². The molecule has 1 aromatic rings. The van der Waals surface area contributed by atoms with Crippen molar-refractivity contribution in [3.8, 4) is 0 Å². The molecule has 0 aliphatic rings. The van der Waals surface area contributed by atoms with Crippen molar-refractivity contribution < 1.29 is 0 Å². The van der Waals surface area contributed by atoms with Crippen molar-refractivity contribution in [1.82, 2.24) is 5.32 Å². The number of rotatable bonds is 5. The van der Waals surface area contributed by atoms with Gasteiger partial charge in [-0.2, -0.15) is 0 Å². The van der Waals surface area contributed by atoms with Gasteiger partial charge < -0.3 is 11.1 Å². The summed E-state index contributed by atoms with van der Waals surface area (Å²) in [6.45, 7) is 11.9. The van der Waals surface area contributed by atoms with Crippen LogP contribution >= 0.6 is 0 Å². The summed E-state index contributed by atoms with van der Waals surface area (Å²) in [5, 5.41) is 3.44. The van der Waals surface area contributed by atoms with Gasteiger partial charge in [-0.3, -0.25) is 0 Å². The molecule has 1 rings (SSSR count). The number of nitrogens with one attached hydrogen (secondary N) is 1. The van der Waals surface area contributed by atoms with E-state index in [9.17, 15) is 0 Å². The van der Waals surface area contributed by atoms with Gasteiger partial charge >= 0.3 is 0 Å². The summed E-state index contributed by atoms with van der Waals surface area (Å²) in [7, 11) is 2.03. The van der Waals surface area contributed by atoms with Crippen molar-refractivity contribution in [3.05, 3.63) is 34.9 Å². The quantitative estimate of drug-likeness (QED) is 0.852. The molecule has 0 saturated carbocycles. The minimum atomic E-state index is 0.205. The summed E-state index contributed by atoms with van der Waals surface area (Å²) in [5.41, 5.74) is 10.2. The molecule has 0 saturated heterocycles. The number of aryl methyl sites for hydroxylation is 1. The van der Waals surface area contributed by atoms with E-state index >= 15 is 0 Å². The van der Waals surface area contributed by atoms with Crippen molar-refractivity contribution in [2.45, 2.75) is 52.5 Å². The van der Waals surface area contributed by atoms with Crippen LogP contribution in [-0.4, -0.2) is 13.6 Å². The fourth-order valence-corrected chi connectivity index (χ4v) is 2.67. The summed E-state index contributed by atoms with van der Waals surface area (Å²) in [6, 6.07) is 7.21. The van der Waals surface area contributed by atoms with Crippen molar-refractivity contribution in [2.75, 3.05) is 13.6 Å². The molecule has 0 amide bonds. The largest absolute Gasteiger partial charge is 0.330 e. The summed E-state index contributed by atoms with van der Waals surface area (Å²) >= 11 is 0. The van der Waals surface area contributed by atoms with E-state index in [1.807, 2.05) is 7.05 Å². The van der Waals surface area contributed by atoms with Crippen LogP contribution in [0.5, 0.6) is 0 Å². The van der Waals surface area contributed by atoms with E-state index in [-0.39, 0.29) is 5.41 Å². The molecule has 0 bridgehead atoms. The van der Waals surface area contributed by atoms with E-state index in [4.69, 9.17) is 5.73 Å². The summed E-state index contributed by atoms with van der Waals surface area (Å²) in [5.74, 6) is 0.490. The lowest BCUT2D eigenvalue weighted by molar-refractivity contribution is 0.377. The molecule has 2 nitrogen and oxygen atoms in total.